The molecule has 0 unspecified atom stereocenters. The number of benzene rings is 1. The standard InChI is InChI=1S/C9H10N4O2.C4H10N2O.C3H8N2O.CH5N/c1-10-6-9(14)15-13-8-5-3-2-4-7(8)11-12-13;1-5-3-4(7)6-2;1-5-3(6)2-4;1-2/h2-5,10H,6H2,1H3;5H,3H2,1-2H3,(H,6,7);2,4H2,1H3,(H,5,6);2H2,1H3. The van der Waals surface area contributed by atoms with E-state index in [-0.39, 0.29) is 24.9 Å². The van der Waals surface area contributed by atoms with Crippen molar-refractivity contribution < 1.29 is 19.2 Å². The van der Waals surface area contributed by atoms with Gasteiger partial charge in [-0.3, -0.25) is 9.59 Å². The van der Waals surface area contributed by atoms with Crippen molar-refractivity contribution in [2.24, 2.45) is 11.5 Å². The highest BCUT2D eigenvalue weighted by molar-refractivity contribution is 5.78. The number of likely N-dealkylation sites (N-methyl/N-ethyl adjacent to an activating group) is 4. The normalized spacial score (nSPS) is 8.90. The highest BCUT2D eigenvalue weighted by atomic mass is 16.7. The minimum Gasteiger partial charge on any atom is -0.358 e. The average Bonchev–Trinajstić information content (AvgIpc) is 3.18. The van der Waals surface area contributed by atoms with Crippen LogP contribution >= 0.6 is 0 Å². The SMILES string of the molecule is CN.CNC(=O)CN.CNCC(=O)NC.CNCC(=O)On1nnc2ccccc21. The molecule has 1 heterocycles. The number of rotatable bonds is 6. The number of hydrogen-bond donors (Lipinski definition) is 6. The van der Waals surface area contributed by atoms with Gasteiger partial charge in [0.25, 0.3) is 0 Å². The van der Waals surface area contributed by atoms with Crippen molar-refractivity contribution in [2.45, 2.75) is 0 Å². The van der Waals surface area contributed by atoms with Crippen LogP contribution in [0.5, 0.6) is 0 Å². The summed E-state index contributed by atoms with van der Waals surface area (Å²) in [6.07, 6.45) is 0. The van der Waals surface area contributed by atoms with Gasteiger partial charge in [-0.05, 0) is 38.5 Å². The van der Waals surface area contributed by atoms with Crippen molar-refractivity contribution in [1.82, 2.24) is 36.4 Å². The van der Waals surface area contributed by atoms with Gasteiger partial charge in [0.05, 0.1) is 19.6 Å². The Morgan fingerprint density at radius 1 is 0.967 bits per heavy atom. The lowest BCUT2D eigenvalue weighted by Gasteiger charge is -2.01. The number of carbonyl (C=O) groups is 3. The average molecular weight is 428 g/mol. The topological polar surface area (TPSA) is 191 Å². The quantitative estimate of drug-likeness (QED) is 0.256. The first-order chi connectivity index (χ1) is 14.4. The zero-order valence-corrected chi connectivity index (χ0v) is 18.1. The van der Waals surface area contributed by atoms with Crippen LogP contribution < -0.4 is 37.6 Å². The molecule has 0 bridgehead atoms. The third-order valence-electron chi connectivity index (χ3n) is 2.91. The molecule has 0 aliphatic rings. The van der Waals surface area contributed by atoms with Crippen molar-refractivity contribution in [3.8, 4) is 0 Å². The van der Waals surface area contributed by atoms with E-state index in [1.165, 1.54) is 7.05 Å². The molecule has 2 rings (SSSR count). The summed E-state index contributed by atoms with van der Waals surface area (Å²) in [5.41, 5.74) is 10.7. The molecule has 1 aromatic carbocycles. The van der Waals surface area contributed by atoms with Crippen molar-refractivity contribution in [1.29, 1.82) is 0 Å². The van der Waals surface area contributed by atoms with Crippen LogP contribution in [0.3, 0.4) is 0 Å². The van der Waals surface area contributed by atoms with Crippen LogP contribution in [0, 0.1) is 0 Å². The summed E-state index contributed by atoms with van der Waals surface area (Å²) in [5.74, 6) is -0.523. The fraction of sp³-hybridized carbons (Fsp3) is 0.471. The molecule has 8 N–H and O–H groups in total. The van der Waals surface area contributed by atoms with Crippen LogP contribution in [0.15, 0.2) is 24.3 Å². The lowest BCUT2D eigenvalue weighted by atomic mass is 10.3. The van der Waals surface area contributed by atoms with Gasteiger partial charge in [0.1, 0.15) is 11.0 Å². The van der Waals surface area contributed by atoms with Crippen LogP contribution in [0.2, 0.25) is 0 Å². The summed E-state index contributed by atoms with van der Waals surface area (Å²) >= 11 is 0. The predicted octanol–water partition coefficient (Wildman–Crippen LogP) is -3.18. The minimum absolute atomic E-state index is 0.0162. The Labute approximate surface area is 175 Å². The first-order valence-corrected chi connectivity index (χ1v) is 8.93. The highest BCUT2D eigenvalue weighted by Gasteiger charge is 2.08. The van der Waals surface area contributed by atoms with Crippen molar-refractivity contribution >= 4 is 28.8 Å². The molecule has 0 fully saturated rings. The van der Waals surface area contributed by atoms with E-state index in [0.717, 1.165) is 4.85 Å². The molecule has 170 valence electrons. The second-order valence-corrected chi connectivity index (χ2v) is 5.03. The number of hydrogen-bond acceptors (Lipinski definition) is 10. The number of nitrogens with zero attached hydrogens (tertiary/aromatic N) is 3. The molecular weight excluding hydrogens is 394 g/mol. The number of fused-ring (bicyclic) bond motifs is 1. The lowest BCUT2D eigenvalue weighted by Crippen LogP contribution is -2.29. The van der Waals surface area contributed by atoms with E-state index < -0.39 is 5.97 Å². The molecule has 0 atom stereocenters. The number of amides is 2. The first-order valence-electron chi connectivity index (χ1n) is 8.93. The Morgan fingerprint density at radius 3 is 1.97 bits per heavy atom. The molecule has 0 aliphatic carbocycles. The fourth-order valence-electron chi connectivity index (χ4n) is 1.54. The van der Waals surface area contributed by atoms with Gasteiger partial charge in [-0.2, -0.15) is 0 Å². The molecule has 2 amide bonds. The van der Waals surface area contributed by atoms with E-state index in [4.69, 9.17) is 10.6 Å². The van der Waals surface area contributed by atoms with Crippen LogP contribution in [-0.4, -0.2) is 87.8 Å². The van der Waals surface area contributed by atoms with E-state index >= 15 is 0 Å². The second kappa shape index (κ2) is 19.2. The predicted molar refractivity (Wildman–Crippen MR) is 114 cm³/mol. The van der Waals surface area contributed by atoms with Crippen LogP contribution in [0.1, 0.15) is 0 Å². The second-order valence-electron chi connectivity index (χ2n) is 5.03. The maximum atomic E-state index is 11.2. The summed E-state index contributed by atoms with van der Waals surface area (Å²) in [6.45, 7) is 0.612. The van der Waals surface area contributed by atoms with Gasteiger partial charge < -0.3 is 37.6 Å². The molecule has 0 spiro atoms. The van der Waals surface area contributed by atoms with Gasteiger partial charge >= 0.3 is 5.97 Å². The van der Waals surface area contributed by atoms with Gasteiger partial charge in [0.15, 0.2) is 0 Å². The lowest BCUT2D eigenvalue weighted by molar-refractivity contribution is -0.144. The number of nitrogens with two attached hydrogens (primary N) is 2. The van der Waals surface area contributed by atoms with E-state index in [1.54, 1.807) is 40.3 Å². The van der Waals surface area contributed by atoms with Gasteiger partial charge in [-0.1, -0.05) is 17.0 Å². The zero-order chi connectivity index (χ0) is 23.4. The minimum atomic E-state index is -0.409. The molecular formula is C17H33N9O4. The number of carbonyl (C=O) groups excluding carboxylic acids is 3. The number of para-hydroxylation sites is 1. The molecule has 13 heteroatoms. The third-order valence-corrected chi connectivity index (χ3v) is 2.91. The largest absolute Gasteiger partial charge is 0.358 e. The Kier molecular flexibility index (Phi) is 18.6. The molecule has 0 aliphatic heterocycles. The van der Waals surface area contributed by atoms with Crippen LogP contribution in [0.25, 0.3) is 11.0 Å². The number of nitrogens with one attached hydrogen (secondary N) is 4. The molecule has 30 heavy (non-hydrogen) atoms. The van der Waals surface area contributed by atoms with Gasteiger partial charge in [-0.25, -0.2) is 4.79 Å². The molecule has 13 nitrogen and oxygen atoms in total. The monoisotopic (exact) mass is 427 g/mol. The summed E-state index contributed by atoms with van der Waals surface area (Å²) < 4.78 is 0. The van der Waals surface area contributed by atoms with Crippen molar-refractivity contribution in [3.05, 3.63) is 24.3 Å². The third kappa shape index (κ3) is 13.1. The van der Waals surface area contributed by atoms with Crippen molar-refractivity contribution in [3.63, 3.8) is 0 Å². The van der Waals surface area contributed by atoms with E-state index in [1.807, 2.05) is 12.1 Å². The Morgan fingerprint density at radius 2 is 1.53 bits per heavy atom. The zero-order valence-electron chi connectivity index (χ0n) is 18.1. The van der Waals surface area contributed by atoms with Crippen LogP contribution in [0.4, 0.5) is 0 Å². The van der Waals surface area contributed by atoms with Gasteiger partial charge in [0, 0.05) is 14.1 Å². The smallest absolute Gasteiger partial charge is 0.348 e. The first kappa shape index (κ1) is 29.1. The fourth-order valence-corrected chi connectivity index (χ4v) is 1.54. The molecule has 2 aromatic rings. The van der Waals surface area contributed by atoms with Crippen LogP contribution in [-0.2, 0) is 14.4 Å². The Bertz CT molecular complexity index is 731. The molecule has 0 radical (unpaired) electrons. The van der Waals surface area contributed by atoms with E-state index in [9.17, 15) is 14.4 Å². The summed E-state index contributed by atoms with van der Waals surface area (Å²) in [4.78, 5) is 37.4. The number of aromatic nitrogens is 3. The molecule has 0 saturated carbocycles. The molecule has 1 aromatic heterocycles. The van der Waals surface area contributed by atoms with Gasteiger partial charge in [0.2, 0.25) is 11.8 Å². The maximum absolute atomic E-state index is 11.2. The Hall–Kier alpha value is -3.13. The summed E-state index contributed by atoms with van der Waals surface area (Å²) in [7, 11) is 8.06. The highest BCUT2D eigenvalue weighted by Crippen LogP contribution is 2.07. The van der Waals surface area contributed by atoms with E-state index in [2.05, 4.69) is 37.3 Å². The summed E-state index contributed by atoms with van der Waals surface area (Å²) in [6, 6.07) is 7.25. The van der Waals surface area contributed by atoms with Crippen molar-refractivity contribution in [2.75, 3.05) is 54.9 Å². The Balaban J connectivity index is 0. The maximum Gasteiger partial charge on any atom is 0.348 e. The molecule has 0 saturated heterocycles. The van der Waals surface area contributed by atoms with E-state index in [0.29, 0.717) is 17.6 Å². The van der Waals surface area contributed by atoms with Gasteiger partial charge in [-0.15, -0.1) is 5.10 Å². The summed E-state index contributed by atoms with van der Waals surface area (Å²) in [5, 5.41) is 17.8.